The fourth-order valence-corrected chi connectivity index (χ4v) is 2.29. The van der Waals surface area contributed by atoms with Crippen LogP contribution >= 0.6 is 0 Å². The van der Waals surface area contributed by atoms with Crippen molar-refractivity contribution in [2.45, 2.75) is 32.6 Å². The summed E-state index contributed by atoms with van der Waals surface area (Å²) in [5.41, 5.74) is 1.33. The summed E-state index contributed by atoms with van der Waals surface area (Å²) < 4.78 is 5.57. The quantitative estimate of drug-likeness (QED) is 0.788. The van der Waals surface area contributed by atoms with Gasteiger partial charge in [0.05, 0.1) is 6.61 Å². The molecule has 0 radical (unpaired) electrons. The van der Waals surface area contributed by atoms with Crippen molar-refractivity contribution in [1.29, 1.82) is 0 Å². The molecule has 0 aliphatic carbocycles. The van der Waals surface area contributed by atoms with Crippen molar-refractivity contribution in [2.24, 2.45) is 0 Å². The summed E-state index contributed by atoms with van der Waals surface area (Å²) in [5, 5.41) is 0. The van der Waals surface area contributed by atoms with E-state index in [1.807, 2.05) is 12.1 Å². The Morgan fingerprint density at radius 2 is 1.84 bits per heavy atom. The lowest BCUT2D eigenvalue weighted by Gasteiger charge is -2.25. The monoisotopic (exact) mass is 261 g/mol. The molecular formula is C16H23NO2. The molecule has 1 aromatic rings. The van der Waals surface area contributed by atoms with Gasteiger partial charge in [-0.1, -0.05) is 19.1 Å². The van der Waals surface area contributed by atoms with Crippen LogP contribution in [0.25, 0.3) is 0 Å². The predicted molar refractivity (Wildman–Crippen MR) is 76.6 cm³/mol. The van der Waals surface area contributed by atoms with Crippen molar-refractivity contribution in [2.75, 3.05) is 26.2 Å². The van der Waals surface area contributed by atoms with Gasteiger partial charge < -0.3 is 9.64 Å². The summed E-state index contributed by atoms with van der Waals surface area (Å²) in [7, 11) is 0. The Balaban J connectivity index is 1.75. The average Bonchev–Trinajstić information content (AvgIpc) is 2.46. The lowest BCUT2D eigenvalue weighted by Crippen LogP contribution is -2.35. The number of carbonyl (C=O) groups excluding carboxylic acids is 1. The molecule has 1 aliphatic heterocycles. The third kappa shape index (κ3) is 4.67. The molecule has 1 aromatic carbocycles. The van der Waals surface area contributed by atoms with Crippen LogP contribution in [0.4, 0.5) is 0 Å². The number of ketones is 1. The molecule has 1 aliphatic rings. The summed E-state index contributed by atoms with van der Waals surface area (Å²) in [6.07, 6.45) is 3.53. The number of likely N-dealkylation sites (tertiary alicyclic amines) is 1. The molecule has 0 amide bonds. The van der Waals surface area contributed by atoms with Gasteiger partial charge in [-0.3, -0.25) is 4.79 Å². The summed E-state index contributed by atoms with van der Waals surface area (Å²) >= 11 is 0. The Morgan fingerprint density at radius 3 is 2.47 bits per heavy atom. The molecule has 0 unspecified atom stereocenters. The molecule has 2 rings (SSSR count). The van der Waals surface area contributed by atoms with Gasteiger partial charge in [-0.25, -0.2) is 0 Å². The van der Waals surface area contributed by atoms with Gasteiger partial charge in [0, 0.05) is 32.5 Å². The largest absolute Gasteiger partial charge is 0.494 e. The molecule has 0 N–H and O–H groups in total. The first-order valence-corrected chi connectivity index (χ1v) is 7.23. The molecule has 3 nitrogen and oxygen atoms in total. The Morgan fingerprint density at radius 1 is 1.16 bits per heavy atom. The van der Waals surface area contributed by atoms with Crippen LogP contribution < -0.4 is 4.74 Å². The first-order valence-electron chi connectivity index (χ1n) is 7.23. The molecule has 0 saturated carbocycles. The summed E-state index contributed by atoms with van der Waals surface area (Å²) in [4.78, 5) is 13.5. The molecule has 104 valence electrons. The highest BCUT2D eigenvalue weighted by atomic mass is 16.5. The van der Waals surface area contributed by atoms with Crippen molar-refractivity contribution >= 4 is 5.78 Å². The normalized spacial score (nSPS) is 16.6. The highest BCUT2D eigenvalue weighted by Gasteiger charge is 2.15. The molecule has 3 heteroatoms. The van der Waals surface area contributed by atoms with E-state index in [9.17, 15) is 4.79 Å². The van der Waals surface area contributed by atoms with Crippen LogP contribution in [-0.4, -0.2) is 36.9 Å². The number of nitrogens with zero attached hydrogens (tertiary/aromatic N) is 1. The number of rotatable bonds is 6. The van der Waals surface area contributed by atoms with E-state index in [0.29, 0.717) is 5.78 Å². The molecular weight excluding hydrogens is 238 g/mol. The van der Waals surface area contributed by atoms with Gasteiger partial charge in [0.2, 0.25) is 0 Å². The molecule has 19 heavy (non-hydrogen) atoms. The highest BCUT2D eigenvalue weighted by molar-refractivity contribution is 5.79. The average molecular weight is 261 g/mol. The molecule has 1 heterocycles. The molecule has 1 fully saturated rings. The van der Waals surface area contributed by atoms with Gasteiger partial charge >= 0.3 is 0 Å². The second kappa shape index (κ2) is 7.29. The van der Waals surface area contributed by atoms with Crippen LogP contribution in [0.15, 0.2) is 24.3 Å². The zero-order chi connectivity index (χ0) is 13.5. The Hall–Kier alpha value is -1.35. The maximum absolute atomic E-state index is 11.2. The SMILES string of the molecule is CCCOc1ccc(CCN2CCC(=O)CC2)cc1. The second-order valence-corrected chi connectivity index (χ2v) is 5.12. The van der Waals surface area contributed by atoms with Crippen molar-refractivity contribution in [1.82, 2.24) is 4.90 Å². The van der Waals surface area contributed by atoms with Gasteiger partial charge in [0.25, 0.3) is 0 Å². The Kier molecular flexibility index (Phi) is 5.40. The van der Waals surface area contributed by atoms with Crippen molar-refractivity contribution in [3.63, 3.8) is 0 Å². The van der Waals surface area contributed by atoms with Crippen LogP contribution in [0, 0.1) is 0 Å². The molecule has 0 spiro atoms. The van der Waals surface area contributed by atoms with Gasteiger partial charge in [0.15, 0.2) is 0 Å². The predicted octanol–water partition coefficient (Wildman–Crippen LogP) is 2.68. The van der Waals surface area contributed by atoms with E-state index in [-0.39, 0.29) is 0 Å². The number of Topliss-reactive ketones (excluding diaryl/α,β-unsaturated/α-hetero) is 1. The van der Waals surface area contributed by atoms with Gasteiger partial charge in [-0.15, -0.1) is 0 Å². The second-order valence-electron chi connectivity index (χ2n) is 5.12. The van der Waals surface area contributed by atoms with Crippen molar-refractivity contribution in [3.05, 3.63) is 29.8 Å². The lowest BCUT2D eigenvalue weighted by molar-refractivity contribution is -0.121. The summed E-state index contributed by atoms with van der Waals surface area (Å²) in [6, 6.07) is 8.37. The zero-order valence-electron chi connectivity index (χ0n) is 11.7. The third-order valence-electron chi connectivity index (χ3n) is 3.53. The fourth-order valence-electron chi connectivity index (χ4n) is 2.29. The van der Waals surface area contributed by atoms with E-state index in [4.69, 9.17) is 4.74 Å². The van der Waals surface area contributed by atoms with E-state index in [0.717, 1.165) is 57.7 Å². The number of ether oxygens (including phenoxy) is 1. The van der Waals surface area contributed by atoms with E-state index < -0.39 is 0 Å². The van der Waals surface area contributed by atoms with E-state index in [2.05, 4.69) is 24.0 Å². The lowest BCUT2D eigenvalue weighted by atomic mass is 10.1. The topological polar surface area (TPSA) is 29.5 Å². The zero-order valence-corrected chi connectivity index (χ0v) is 11.7. The third-order valence-corrected chi connectivity index (χ3v) is 3.53. The Labute approximate surface area is 115 Å². The standard InChI is InChI=1S/C16H23NO2/c1-2-13-19-16-5-3-14(4-6-16)7-10-17-11-8-15(18)9-12-17/h3-6H,2,7-13H2,1H3. The number of piperidine rings is 1. The van der Waals surface area contributed by atoms with Crippen LogP contribution in [-0.2, 0) is 11.2 Å². The first-order chi connectivity index (χ1) is 9.28. The smallest absolute Gasteiger partial charge is 0.135 e. The van der Waals surface area contributed by atoms with Crippen LogP contribution in [0.2, 0.25) is 0 Å². The van der Waals surface area contributed by atoms with Crippen LogP contribution in [0.1, 0.15) is 31.7 Å². The van der Waals surface area contributed by atoms with E-state index in [1.54, 1.807) is 0 Å². The van der Waals surface area contributed by atoms with Crippen LogP contribution in [0.5, 0.6) is 5.75 Å². The van der Waals surface area contributed by atoms with Crippen molar-refractivity contribution in [3.8, 4) is 5.75 Å². The highest BCUT2D eigenvalue weighted by Crippen LogP contribution is 2.14. The molecule has 0 atom stereocenters. The maximum atomic E-state index is 11.2. The van der Waals surface area contributed by atoms with Gasteiger partial charge in [-0.2, -0.15) is 0 Å². The minimum Gasteiger partial charge on any atom is -0.494 e. The summed E-state index contributed by atoms with van der Waals surface area (Å²) in [6.45, 7) is 5.79. The van der Waals surface area contributed by atoms with E-state index in [1.165, 1.54) is 5.56 Å². The van der Waals surface area contributed by atoms with Gasteiger partial charge in [-0.05, 0) is 30.5 Å². The van der Waals surface area contributed by atoms with Crippen molar-refractivity contribution < 1.29 is 9.53 Å². The van der Waals surface area contributed by atoms with Crippen LogP contribution in [0.3, 0.4) is 0 Å². The van der Waals surface area contributed by atoms with E-state index >= 15 is 0 Å². The number of carbonyl (C=O) groups is 1. The minimum atomic E-state index is 0.411. The molecule has 1 saturated heterocycles. The molecule has 0 aromatic heterocycles. The minimum absolute atomic E-state index is 0.411. The van der Waals surface area contributed by atoms with Gasteiger partial charge in [0.1, 0.15) is 11.5 Å². The molecule has 0 bridgehead atoms. The number of hydrogen-bond donors (Lipinski definition) is 0. The number of hydrogen-bond acceptors (Lipinski definition) is 3. The first kappa shape index (κ1) is 14.1. The fraction of sp³-hybridized carbons (Fsp3) is 0.562. The summed E-state index contributed by atoms with van der Waals surface area (Å²) in [5.74, 6) is 1.36. The maximum Gasteiger partial charge on any atom is 0.135 e. The number of benzene rings is 1. The Bertz CT molecular complexity index is 390.